The number of rotatable bonds is 6. The highest BCUT2D eigenvalue weighted by Gasteiger charge is 2.26. The number of aryl methyl sites for hydroxylation is 1. The number of fused-ring (bicyclic) bond motifs is 1. The van der Waals surface area contributed by atoms with Gasteiger partial charge in [0.15, 0.2) is 5.82 Å². The number of sulfonamides is 1. The Balaban J connectivity index is 1.71. The van der Waals surface area contributed by atoms with Crippen LogP contribution in [-0.2, 0) is 32.5 Å². The fourth-order valence-corrected chi connectivity index (χ4v) is 5.17. The summed E-state index contributed by atoms with van der Waals surface area (Å²) in [5.41, 5.74) is 0.747. The van der Waals surface area contributed by atoms with Crippen LogP contribution in [0.25, 0.3) is 11.4 Å². The van der Waals surface area contributed by atoms with Gasteiger partial charge in [-0.05, 0) is 43.2 Å². The average molecular weight is 485 g/mol. The van der Waals surface area contributed by atoms with Crippen molar-refractivity contribution in [3.63, 3.8) is 0 Å². The van der Waals surface area contributed by atoms with Gasteiger partial charge in [0.2, 0.25) is 0 Å². The first kappa shape index (κ1) is 23.4. The van der Waals surface area contributed by atoms with E-state index in [-0.39, 0.29) is 16.8 Å². The van der Waals surface area contributed by atoms with Crippen molar-refractivity contribution in [1.29, 1.82) is 0 Å². The zero-order valence-electron chi connectivity index (χ0n) is 18.8. The molecule has 1 N–H and O–H groups in total. The first-order chi connectivity index (χ1) is 16.3. The van der Waals surface area contributed by atoms with Crippen LogP contribution >= 0.6 is 0 Å². The third kappa shape index (κ3) is 4.65. The van der Waals surface area contributed by atoms with Crippen molar-refractivity contribution in [2.75, 3.05) is 18.9 Å². The number of hydrogen-bond acceptors (Lipinski definition) is 8. The number of benzene rings is 2. The number of aromatic nitrogens is 3. The number of methoxy groups -OCH3 is 2. The fraction of sp³-hybridized carbons (Fsp3) is 0.304. The van der Waals surface area contributed by atoms with Gasteiger partial charge in [-0.1, -0.05) is 18.6 Å². The summed E-state index contributed by atoms with van der Waals surface area (Å²) in [5, 5.41) is 8.62. The van der Waals surface area contributed by atoms with Crippen molar-refractivity contribution in [2.24, 2.45) is 0 Å². The minimum atomic E-state index is -4.27. The van der Waals surface area contributed by atoms with Crippen LogP contribution in [0, 0.1) is 0 Å². The summed E-state index contributed by atoms with van der Waals surface area (Å²) in [6.45, 7) is 0.802. The van der Waals surface area contributed by atoms with Gasteiger partial charge in [-0.3, -0.25) is 4.72 Å². The van der Waals surface area contributed by atoms with Gasteiger partial charge in [-0.15, -0.1) is 10.2 Å². The van der Waals surface area contributed by atoms with E-state index in [4.69, 9.17) is 4.74 Å². The summed E-state index contributed by atoms with van der Waals surface area (Å²) in [5.74, 6) is 0.000715. The molecule has 0 radical (unpaired) electrons. The average Bonchev–Trinajstić information content (AvgIpc) is 3.10. The number of carbonyl (C=O) groups is 2. The molecule has 0 saturated carbocycles. The van der Waals surface area contributed by atoms with Crippen LogP contribution in [0.15, 0.2) is 47.4 Å². The predicted octanol–water partition coefficient (Wildman–Crippen LogP) is 3.05. The molecule has 0 amide bonds. The lowest BCUT2D eigenvalue weighted by atomic mass is 10.1. The van der Waals surface area contributed by atoms with Gasteiger partial charge < -0.3 is 14.0 Å². The number of hydrogen-bond donors (Lipinski definition) is 1. The van der Waals surface area contributed by atoms with Gasteiger partial charge in [0.05, 0.1) is 25.3 Å². The Morgan fingerprint density at radius 3 is 2.53 bits per heavy atom. The lowest BCUT2D eigenvalue weighted by Crippen LogP contribution is -2.19. The molecule has 0 atom stereocenters. The fourth-order valence-electron chi connectivity index (χ4n) is 3.90. The molecule has 11 heteroatoms. The van der Waals surface area contributed by atoms with Crippen molar-refractivity contribution in [2.45, 2.75) is 37.1 Å². The zero-order valence-corrected chi connectivity index (χ0v) is 19.6. The first-order valence-corrected chi connectivity index (χ1v) is 12.2. The molecule has 1 aliphatic rings. The Labute approximate surface area is 197 Å². The van der Waals surface area contributed by atoms with Crippen LogP contribution in [0.2, 0.25) is 0 Å². The Bertz CT molecular complexity index is 1350. The second kappa shape index (κ2) is 9.64. The smallest absolute Gasteiger partial charge is 0.339 e. The second-order valence-electron chi connectivity index (χ2n) is 7.78. The van der Waals surface area contributed by atoms with E-state index >= 15 is 0 Å². The topological polar surface area (TPSA) is 129 Å². The third-order valence-corrected chi connectivity index (χ3v) is 7.00. The maximum atomic E-state index is 13.3. The van der Waals surface area contributed by atoms with Crippen LogP contribution in [-0.4, -0.2) is 49.3 Å². The van der Waals surface area contributed by atoms with Gasteiger partial charge in [0, 0.05) is 24.2 Å². The minimum absolute atomic E-state index is 0.0181. The van der Waals surface area contributed by atoms with Crippen molar-refractivity contribution < 1.29 is 27.5 Å². The summed E-state index contributed by atoms with van der Waals surface area (Å²) < 4.78 is 40.5. The summed E-state index contributed by atoms with van der Waals surface area (Å²) in [6, 6.07) is 10.4. The van der Waals surface area contributed by atoms with E-state index in [1.165, 1.54) is 19.2 Å². The molecule has 0 spiro atoms. The lowest BCUT2D eigenvalue weighted by molar-refractivity contribution is 0.0583. The Hall–Kier alpha value is -3.73. The van der Waals surface area contributed by atoms with E-state index in [2.05, 4.69) is 24.2 Å². The van der Waals surface area contributed by atoms with E-state index < -0.39 is 26.9 Å². The molecule has 1 aromatic heterocycles. The highest BCUT2D eigenvalue weighted by atomic mass is 32.2. The molecule has 0 bridgehead atoms. The van der Waals surface area contributed by atoms with Crippen LogP contribution < -0.4 is 4.72 Å². The van der Waals surface area contributed by atoms with Crippen molar-refractivity contribution in [3.05, 3.63) is 59.4 Å². The minimum Gasteiger partial charge on any atom is -0.465 e. The van der Waals surface area contributed by atoms with Gasteiger partial charge >= 0.3 is 11.9 Å². The predicted molar refractivity (Wildman–Crippen MR) is 123 cm³/mol. The quantitative estimate of drug-likeness (QED) is 0.529. The SMILES string of the molecule is COC(=O)c1ccc(C(=O)OC)c(S(=O)(=O)Nc2cccc(-c3nnc4n3CCCCC4)c2)c1. The second-order valence-corrected chi connectivity index (χ2v) is 9.43. The highest BCUT2D eigenvalue weighted by Crippen LogP contribution is 2.27. The molecular formula is C23H24N4O6S. The highest BCUT2D eigenvalue weighted by molar-refractivity contribution is 7.92. The zero-order chi connectivity index (χ0) is 24.3. The van der Waals surface area contributed by atoms with E-state index in [1.807, 2.05) is 6.07 Å². The molecule has 4 rings (SSSR count). The molecule has 0 aliphatic carbocycles. The van der Waals surface area contributed by atoms with Gasteiger partial charge in [-0.2, -0.15) is 0 Å². The monoisotopic (exact) mass is 484 g/mol. The van der Waals surface area contributed by atoms with Crippen molar-refractivity contribution >= 4 is 27.6 Å². The number of ether oxygens (including phenoxy) is 2. The molecule has 0 fully saturated rings. The molecule has 0 unspecified atom stereocenters. The third-order valence-electron chi connectivity index (χ3n) is 5.58. The molecule has 10 nitrogen and oxygen atoms in total. The standard InChI is InChI=1S/C23H24N4O6S/c1-32-22(28)16-10-11-18(23(29)33-2)19(14-16)34(30,31)26-17-8-6-7-15(13-17)21-25-24-20-9-4-3-5-12-27(20)21/h6-8,10-11,13-14,26H,3-5,9,12H2,1-2H3. The van der Waals surface area contributed by atoms with E-state index in [9.17, 15) is 18.0 Å². The molecule has 1 aliphatic heterocycles. The Kier molecular flexibility index (Phi) is 6.64. The molecule has 178 valence electrons. The van der Waals surface area contributed by atoms with Crippen molar-refractivity contribution in [3.8, 4) is 11.4 Å². The van der Waals surface area contributed by atoms with Crippen LogP contribution in [0.4, 0.5) is 5.69 Å². The normalized spacial score (nSPS) is 13.5. The summed E-state index contributed by atoms with van der Waals surface area (Å²) in [6.07, 6.45) is 4.06. The molecule has 34 heavy (non-hydrogen) atoms. The van der Waals surface area contributed by atoms with Gasteiger partial charge in [0.25, 0.3) is 10.0 Å². The number of nitrogens with one attached hydrogen (secondary N) is 1. The summed E-state index contributed by atoms with van der Waals surface area (Å²) in [4.78, 5) is 23.8. The molecular weight excluding hydrogens is 460 g/mol. The van der Waals surface area contributed by atoms with Gasteiger partial charge in [-0.25, -0.2) is 18.0 Å². The van der Waals surface area contributed by atoms with E-state index in [0.717, 1.165) is 51.2 Å². The lowest BCUT2D eigenvalue weighted by Gasteiger charge is -2.13. The maximum absolute atomic E-state index is 13.3. The van der Waals surface area contributed by atoms with E-state index in [0.29, 0.717) is 11.4 Å². The largest absolute Gasteiger partial charge is 0.465 e. The first-order valence-electron chi connectivity index (χ1n) is 10.7. The molecule has 3 aromatic rings. The van der Waals surface area contributed by atoms with Crippen LogP contribution in [0.5, 0.6) is 0 Å². The number of esters is 2. The molecule has 2 heterocycles. The van der Waals surface area contributed by atoms with E-state index in [1.54, 1.807) is 18.2 Å². The summed E-state index contributed by atoms with van der Waals surface area (Å²) >= 11 is 0. The molecule has 2 aromatic carbocycles. The molecule has 0 saturated heterocycles. The summed E-state index contributed by atoms with van der Waals surface area (Å²) in [7, 11) is -1.95. The number of carbonyl (C=O) groups excluding carboxylic acids is 2. The van der Waals surface area contributed by atoms with Crippen LogP contribution in [0.1, 0.15) is 45.8 Å². The Morgan fingerprint density at radius 1 is 0.971 bits per heavy atom. The van der Waals surface area contributed by atoms with Crippen LogP contribution in [0.3, 0.4) is 0 Å². The Morgan fingerprint density at radius 2 is 1.76 bits per heavy atom. The number of nitrogens with zero attached hydrogens (tertiary/aromatic N) is 3. The maximum Gasteiger partial charge on any atom is 0.339 e. The number of anilines is 1. The van der Waals surface area contributed by atoms with Crippen molar-refractivity contribution in [1.82, 2.24) is 14.8 Å². The van der Waals surface area contributed by atoms with Gasteiger partial charge in [0.1, 0.15) is 10.7 Å².